The van der Waals surface area contributed by atoms with E-state index < -0.39 is 0 Å². The summed E-state index contributed by atoms with van der Waals surface area (Å²) in [6, 6.07) is 16.0. The molecule has 1 amide bonds. The van der Waals surface area contributed by atoms with E-state index in [2.05, 4.69) is 21.0 Å². The second-order valence-corrected chi connectivity index (χ2v) is 7.04. The number of pyridine rings is 2. The van der Waals surface area contributed by atoms with Crippen LogP contribution in [0.15, 0.2) is 61.1 Å². The second kappa shape index (κ2) is 6.88. The molecule has 0 saturated carbocycles. The molecule has 1 saturated heterocycles. The molecule has 3 aromatic heterocycles. The molecule has 4 heterocycles. The van der Waals surface area contributed by atoms with Crippen LogP contribution >= 0.6 is 0 Å². The average Bonchev–Trinajstić information content (AvgIpc) is 3.37. The molecule has 4 aromatic rings. The standard InChI is InChI=1S/C23H17N5O/c24-12-20-22(19-3-1-9-26-23(19)27-20)17-11-16(13-25-14-17)15-5-7-18(8-6-15)28-10-2-4-21(28)29/h1,3,5-9,11,13-14H,2,4,10H2,(H,26,27). The van der Waals surface area contributed by atoms with Crippen molar-refractivity contribution in [3.8, 4) is 28.3 Å². The van der Waals surface area contributed by atoms with Crippen molar-refractivity contribution >= 4 is 22.6 Å². The van der Waals surface area contributed by atoms with Gasteiger partial charge in [0.15, 0.2) is 0 Å². The predicted octanol–water partition coefficient (Wildman–Crippen LogP) is 4.29. The van der Waals surface area contributed by atoms with Gasteiger partial charge in [0.2, 0.25) is 5.91 Å². The largest absolute Gasteiger partial charge is 0.331 e. The number of hydrogen-bond acceptors (Lipinski definition) is 4. The molecule has 1 aliphatic heterocycles. The number of hydrogen-bond donors (Lipinski definition) is 1. The fourth-order valence-electron chi connectivity index (χ4n) is 3.90. The van der Waals surface area contributed by atoms with E-state index in [1.165, 1.54) is 0 Å². The Balaban J connectivity index is 1.54. The zero-order valence-corrected chi connectivity index (χ0v) is 15.6. The highest BCUT2D eigenvalue weighted by atomic mass is 16.2. The van der Waals surface area contributed by atoms with Gasteiger partial charge in [-0.1, -0.05) is 12.1 Å². The van der Waals surface area contributed by atoms with Gasteiger partial charge in [-0.25, -0.2) is 4.98 Å². The number of nitriles is 1. The number of rotatable bonds is 3. The van der Waals surface area contributed by atoms with E-state index in [4.69, 9.17) is 0 Å². The summed E-state index contributed by atoms with van der Waals surface area (Å²) in [4.78, 5) is 25.6. The molecule has 1 fully saturated rings. The van der Waals surface area contributed by atoms with Gasteiger partial charge in [-0.05, 0) is 42.3 Å². The number of H-pyrrole nitrogens is 1. The number of carbonyl (C=O) groups excluding carboxylic acids is 1. The smallest absolute Gasteiger partial charge is 0.227 e. The van der Waals surface area contributed by atoms with E-state index in [1.807, 2.05) is 47.4 Å². The van der Waals surface area contributed by atoms with Crippen molar-refractivity contribution in [3.63, 3.8) is 0 Å². The minimum atomic E-state index is 0.179. The number of anilines is 1. The maximum Gasteiger partial charge on any atom is 0.227 e. The molecule has 140 valence electrons. The Morgan fingerprint density at radius 1 is 1.07 bits per heavy atom. The second-order valence-electron chi connectivity index (χ2n) is 7.04. The van der Waals surface area contributed by atoms with Crippen LogP contribution in [-0.4, -0.2) is 27.4 Å². The molecule has 0 spiro atoms. The summed E-state index contributed by atoms with van der Waals surface area (Å²) < 4.78 is 0. The van der Waals surface area contributed by atoms with Crippen LogP contribution in [0.25, 0.3) is 33.3 Å². The van der Waals surface area contributed by atoms with Crippen molar-refractivity contribution in [1.29, 1.82) is 5.26 Å². The van der Waals surface area contributed by atoms with E-state index in [9.17, 15) is 10.1 Å². The fraction of sp³-hybridized carbons (Fsp3) is 0.130. The molecule has 1 aromatic carbocycles. The van der Waals surface area contributed by atoms with Crippen LogP contribution in [-0.2, 0) is 4.79 Å². The van der Waals surface area contributed by atoms with E-state index >= 15 is 0 Å². The number of fused-ring (bicyclic) bond motifs is 1. The van der Waals surface area contributed by atoms with Gasteiger partial charge >= 0.3 is 0 Å². The highest BCUT2D eigenvalue weighted by Gasteiger charge is 2.21. The average molecular weight is 379 g/mol. The Morgan fingerprint density at radius 2 is 1.90 bits per heavy atom. The molecule has 0 radical (unpaired) electrons. The lowest BCUT2D eigenvalue weighted by Crippen LogP contribution is -2.23. The molecule has 6 heteroatoms. The minimum absolute atomic E-state index is 0.179. The lowest BCUT2D eigenvalue weighted by molar-refractivity contribution is -0.117. The molecule has 0 bridgehead atoms. The number of aromatic amines is 1. The summed E-state index contributed by atoms with van der Waals surface area (Å²) in [6.45, 7) is 0.779. The van der Waals surface area contributed by atoms with Crippen LogP contribution in [0.5, 0.6) is 0 Å². The fourth-order valence-corrected chi connectivity index (χ4v) is 3.90. The number of benzene rings is 1. The molecule has 29 heavy (non-hydrogen) atoms. The Bertz CT molecular complexity index is 1270. The third kappa shape index (κ3) is 2.93. The maximum atomic E-state index is 12.0. The lowest BCUT2D eigenvalue weighted by Gasteiger charge is -2.16. The van der Waals surface area contributed by atoms with Gasteiger partial charge in [0.05, 0.1) is 0 Å². The monoisotopic (exact) mass is 379 g/mol. The topological polar surface area (TPSA) is 85.7 Å². The van der Waals surface area contributed by atoms with Crippen molar-refractivity contribution in [3.05, 3.63) is 66.7 Å². The molecular weight excluding hydrogens is 362 g/mol. The molecule has 1 N–H and O–H groups in total. The van der Waals surface area contributed by atoms with Crippen LogP contribution in [0.1, 0.15) is 18.5 Å². The van der Waals surface area contributed by atoms with Crippen molar-refractivity contribution in [1.82, 2.24) is 15.0 Å². The van der Waals surface area contributed by atoms with E-state index in [1.54, 1.807) is 18.6 Å². The normalized spacial score (nSPS) is 13.8. The summed E-state index contributed by atoms with van der Waals surface area (Å²) in [6.07, 6.45) is 6.79. The van der Waals surface area contributed by atoms with E-state index in [-0.39, 0.29) is 5.91 Å². The molecule has 6 nitrogen and oxygen atoms in total. The Kier molecular flexibility index (Phi) is 4.07. The quantitative estimate of drug-likeness (QED) is 0.575. The summed E-state index contributed by atoms with van der Waals surface area (Å²) in [5, 5.41) is 10.5. The van der Waals surface area contributed by atoms with Crippen LogP contribution in [0.2, 0.25) is 0 Å². The van der Waals surface area contributed by atoms with Crippen molar-refractivity contribution in [2.45, 2.75) is 12.8 Å². The van der Waals surface area contributed by atoms with Crippen molar-refractivity contribution in [2.24, 2.45) is 0 Å². The Hall–Kier alpha value is -3.98. The maximum absolute atomic E-state index is 12.0. The van der Waals surface area contributed by atoms with Gasteiger partial charge in [0.1, 0.15) is 17.4 Å². The zero-order valence-electron chi connectivity index (χ0n) is 15.6. The molecule has 1 aliphatic rings. The number of aromatic nitrogens is 3. The van der Waals surface area contributed by atoms with Gasteiger partial charge < -0.3 is 9.88 Å². The molecule has 0 aliphatic carbocycles. The van der Waals surface area contributed by atoms with E-state index in [0.29, 0.717) is 17.8 Å². The van der Waals surface area contributed by atoms with Crippen LogP contribution in [0, 0.1) is 11.3 Å². The first-order valence-electron chi connectivity index (χ1n) is 9.47. The first-order valence-corrected chi connectivity index (χ1v) is 9.47. The van der Waals surface area contributed by atoms with Crippen LogP contribution in [0.3, 0.4) is 0 Å². The Morgan fingerprint density at radius 3 is 2.66 bits per heavy atom. The highest BCUT2D eigenvalue weighted by molar-refractivity contribution is 5.97. The van der Waals surface area contributed by atoms with Gasteiger partial charge in [-0.2, -0.15) is 5.26 Å². The van der Waals surface area contributed by atoms with Gasteiger partial charge in [-0.3, -0.25) is 9.78 Å². The van der Waals surface area contributed by atoms with Crippen LogP contribution < -0.4 is 4.90 Å². The first kappa shape index (κ1) is 17.1. The Labute approximate surface area is 167 Å². The van der Waals surface area contributed by atoms with Gasteiger partial charge in [0.25, 0.3) is 0 Å². The summed E-state index contributed by atoms with van der Waals surface area (Å²) in [7, 11) is 0. The first-order chi connectivity index (χ1) is 14.2. The van der Waals surface area contributed by atoms with Crippen molar-refractivity contribution < 1.29 is 4.79 Å². The third-order valence-electron chi connectivity index (χ3n) is 5.29. The third-order valence-corrected chi connectivity index (χ3v) is 5.29. The van der Waals surface area contributed by atoms with E-state index in [0.717, 1.165) is 46.3 Å². The van der Waals surface area contributed by atoms with Crippen molar-refractivity contribution in [2.75, 3.05) is 11.4 Å². The SMILES string of the molecule is N#Cc1[nH]c2ncccc2c1-c1cncc(-c2ccc(N3CCCC3=O)cc2)c1. The lowest BCUT2D eigenvalue weighted by atomic mass is 10.00. The minimum Gasteiger partial charge on any atom is -0.331 e. The van der Waals surface area contributed by atoms with Gasteiger partial charge in [-0.15, -0.1) is 0 Å². The molecular formula is C23H17N5O. The molecule has 5 rings (SSSR count). The number of nitrogens with one attached hydrogen (secondary N) is 1. The molecule has 0 unspecified atom stereocenters. The highest BCUT2D eigenvalue weighted by Crippen LogP contribution is 2.33. The summed E-state index contributed by atoms with van der Waals surface area (Å²) >= 11 is 0. The summed E-state index contributed by atoms with van der Waals surface area (Å²) in [5.41, 5.74) is 5.70. The predicted molar refractivity (Wildman–Crippen MR) is 111 cm³/mol. The molecule has 0 atom stereocenters. The number of nitrogens with zero attached hydrogens (tertiary/aromatic N) is 4. The zero-order chi connectivity index (χ0) is 19.8. The number of carbonyl (C=O) groups is 1. The number of amides is 1. The van der Waals surface area contributed by atoms with Gasteiger partial charge in [0, 0.05) is 59.3 Å². The van der Waals surface area contributed by atoms with Crippen LogP contribution in [0.4, 0.5) is 5.69 Å². The summed E-state index contributed by atoms with van der Waals surface area (Å²) in [5.74, 6) is 0.179.